The molecule has 0 aliphatic carbocycles. The maximum absolute atomic E-state index is 13.7. The molecule has 0 heterocycles. The van der Waals surface area contributed by atoms with Crippen LogP contribution in [0.5, 0.6) is 0 Å². The standard InChI is InChI=1S/C12H15FN2/c1-8(2)12(15-4)11-9(13)6-5-7-10(11)14-3/h5-8H,3H2,1-2,4H3/b15-12-. The topological polar surface area (TPSA) is 24.7 Å². The predicted octanol–water partition coefficient (Wildman–Crippen LogP) is 3.23. The van der Waals surface area contributed by atoms with Gasteiger partial charge in [0.15, 0.2) is 0 Å². The number of halogens is 1. The molecule has 15 heavy (non-hydrogen) atoms. The van der Waals surface area contributed by atoms with Gasteiger partial charge >= 0.3 is 0 Å². The van der Waals surface area contributed by atoms with Gasteiger partial charge in [0.25, 0.3) is 0 Å². The summed E-state index contributed by atoms with van der Waals surface area (Å²) in [5, 5.41) is 0. The maximum Gasteiger partial charge on any atom is 0.134 e. The van der Waals surface area contributed by atoms with Crippen molar-refractivity contribution in [3.8, 4) is 0 Å². The Hall–Kier alpha value is -1.51. The zero-order valence-corrected chi connectivity index (χ0v) is 9.29. The van der Waals surface area contributed by atoms with Crippen LogP contribution in [0, 0.1) is 11.7 Å². The van der Waals surface area contributed by atoms with Gasteiger partial charge in [0, 0.05) is 12.8 Å². The Balaban J connectivity index is 3.40. The van der Waals surface area contributed by atoms with E-state index in [4.69, 9.17) is 0 Å². The van der Waals surface area contributed by atoms with Crippen LogP contribution in [0.3, 0.4) is 0 Å². The molecule has 0 bridgehead atoms. The first-order valence-corrected chi connectivity index (χ1v) is 4.84. The lowest BCUT2D eigenvalue weighted by Crippen LogP contribution is -2.11. The second-order valence-corrected chi connectivity index (χ2v) is 3.56. The summed E-state index contributed by atoms with van der Waals surface area (Å²) < 4.78 is 13.7. The van der Waals surface area contributed by atoms with Crippen molar-refractivity contribution in [3.05, 3.63) is 29.6 Å². The largest absolute Gasteiger partial charge is 0.292 e. The molecule has 0 saturated carbocycles. The minimum atomic E-state index is -0.297. The quantitative estimate of drug-likeness (QED) is 0.678. The Bertz CT molecular complexity index is 395. The fraction of sp³-hybridized carbons (Fsp3) is 0.333. The van der Waals surface area contributed by atoms with Crippen LogP contribution in [-0.2, 0) is 0 Å². The molecule has 3 heteroatoms. The van der Waals surface area contributed by atoms with Gasteiger partial charge in [0.2, 0.25) is 0 Å². The first-order chi connectivity index (χ1) is 7.11. The lowest BCUT2D eigenvalue weighted by Gasteiger charge is -2.12. The molecule has 0 spiro atoms. The average molecular weight is 206 g/mol. The molecule has 1 rings (SSSR count). The van der Waals surface area contributed by atoms with Gasteiger partial charge in [-0.1, -0.05) is 19.9 Å². The van der Waals surface area contributed by atoms with E-state index in [0.717, 1.165) is 5.71 Å². The molecule has 0 amide bonds. The van der Waals surface area contributed by atoms with Crippen LogP contribution in [0.25, 0.3) is 0 Å². The van der Waals surface area contributed by atoms with Gasteiger partial charge in [0.05, 0.1) is 11.3 Å². The molecule has 0 aliphatic heterocycles. The molecule has 0 N–H and O–H groups in total. The van der Waals surface area contributed by atoms with E-state index in [2.05, 4.69) is 16.7 Å². The summed E-state index contributed by atoms with van der Waals surface area (Å²) in [7, 11) is 1.66. The summed E-state index contributed by atoms with van der Waals surface area (Å²) in [5.41, 5.74) is 1.73. The smallest absolute Gasteiger partial charge is 0.134 e. The Morgan fingerprint density at radius 3 is 2.53 bits per heavy atom. The second-order valence-electron chi connectivity index (χ2n) is 3.56. The molecule has 0 saturated heterocycles. The molecule has 2 nitrogen and oxygen atoms in total. The highest BCUT2D eigenvalue weighted by atomic mass is 19.1. The summed E-state index contributed by atoms with van der Waals surface area (Å²) in [5.74, 6) is -0.137. The van der Waals surface area contributed by atoms with Gasteiger partial charge in [-0.2, -0.15) is 0 Å². The van der Waals surface area contributed by atoms with Gasteiger partial charge in [-0.05, 0) is 24.8 Å². The first kappa shape index (κ1) is 11.6. The highest BCUT2D eigenvalue weighted by Crippen LogP contribution is 2.24. The van der Waals surface area contributed by atoms with Crippen LogP contribution in [-0.4, -0.2) is 19.5 Å². The SMILES string of the molecule is C=Nc1cccc(F)c1/C(=N\C)C(C)C. The molecule has 0 fully saturated rings. The number of benzene rings is 1. The van der Waals surface area contributed by atoms with E-state index in [-0.39, 0.29) is 11.7 Å². The number of aliphatic imine (C=N–C) groups is 2. The van der Waals surface area contributed by atoms with Gasteiger partial charge < -0.3 is 0 Å². The minimum Gasteiger partial charge on any atom is -0.292 e. The lowest BCUT2D eigenvalue weighted by molar-refractivity contribution is 0.623. The normalized spacial score (nSPS) is 11.9. The van der Waals surface area contributed by atoms with Gasteiger partial charge in [-0.25, -0.2) is 4.39 Å². The Labute approximate surface area is 89.6 Å². The highest BCUT2D eigenvalue weighted by molar-refractivity contribution is 6.06. The summed E-state index contributed by atoms with van der Waals surface area (Å²) in [4.78, 5) is 7.93. The van der Waals surface area contributed by atoms with Crippen molar-refractivity contribution in [2.24, 2.45) is 15.9 Å². The average Bonchev–Trinajstić information content (AvgIpc) is 2.21. The number of hydrogen-bond acceptors (Lipinski definition) is 2. The van der Waals surface area contributed by atoms with Crippen molar-refractivity contribution in [3.63, 3.8) is 0 Å². The van der Waals surface area contributed by atoms with E-state index in [0.29, 0.717) is 11.3 Å². The van der Waals surface area contributed by atoms with Crippen molar-refractivity contribution in [1.29, 1.82) is 0 Å². The van der Waals surface area contributed by atoms with Crippen molar-refractivity contribution in [2.75, 3.05) is 7.05 Å². The van der Waals surface area contributed by atoms with E-state index in [1.165, 1.54) is 6.07 Å². The van der Waals surface area contributed by atoms with Crippen molar-refractivity contribution in [2.45, 2.75) is 13.8 Å². The van der Waals surface area contributed by atoms with E-state index in [9.17, 15) is 4.39 Å². The molecule has 0 atom stereocenters. The maximum atomic E-state index is 13.7. The Kier molecular flexibility index (Phi) is 3.72. The summed E-state index contributed by atoms with van der Waals surface area (Å²) in [6, 6.07) is 4.77. The fourth-order valence-electron chi connectivity index (χ4n) is 1.56. The highest BCUT2D eigenvalue weighted by Gasteiger charge is 2.16. The number of rotatable bonds is 3. The van der Waals surface area contributed by atoms with Crippen LogP contribution in [0.4, 0.5) is 10.1 Å². The van der Waals surface area contributed by atoms with Crippen molar-refractivity contribution >= 4 is 18.1 Å². The third kappa shape index (κ3) is 2.29. The number of nitrogens with zero attached hydrogens (tertiary/aromatic N) is 2. The monoisotopic (exact) mass is 206 g/mol. The zero-order valence-electron chi connectivity index (χ0n) is 9.29. The van der Waals surface area contributed by atoms with E-state index < -0.39 is 0 Å². The molecular formula is C12H15FN2. The molecule has 0 aliphatic rings. The van der Waals surface area contributed by atoms with Crippen LogP contribution in [0.2, 0.25) is 0 Å². The molecule has 1 aromatic rings. The third-order valence-electron chi connectivity index (χ3n) is 2.21. The lowest BCUT2D eigenvalue weighted by atomic mass is 9.98. The zero-order chi connectivity index (χ0) is 11.4. The third-order valence-corrected chi connectivity index (χ3v) is 2.21. The Morgan fingerprint density at radius 1 is 1.40 bits per heavy atom. The van der Waals surface area contributed by atoms with E-state index in [1.807, 2.05) is 13.8 Å². The molecular weight excluding hydrogens is 191 g/mol. The van der Waals surface area contributed by atoms with Gasteiger partial charge in [-0.15, -0.1) is 0 Å². The van der Waals surface area contributed by atoms with Gasteiger partial charge in [-0.3, -0.25) is 9.98 Å². The van der Waals surface area contributed by atoms with Crippen LogP contribution in [0.1, 0.15) is 19.4 Å². The summed E-state index contributed by atoms with van der Waals surface area (Å²) in [6.45, 7) is 7.38. The van der Waals surface area contributed by atoms with Crippen LogP contribution in [0.15, 0.2) is 28.2 Å². The Morgan fingerprint density at radius 2 is 2.07 bits per heavy atom. The summed E-state index contributed by atoms with van der Waals surface area (Å²) in [6.07, 6.45) is 0. The van der Waals surface area contributed by atoms with Crippen LogP contribution >= 0.6 is 0 Å². The second kappa shape index (κ2) is 4.82. The molecule has 0 unspecified atom stereocenters. The van der Waals surface area contributed by atoms with Crippen LogP contribution < -0.4 is 0 Å². The molecule has 80 valence electrons. The van der Waals surface area contributed by atoms with E-state index >= 15 is 0 Å². The minimum absolute atomic E-state index is 0.160. The van der Waals surface area contributed by atoms with Crippen molar-refractivity contribution < 1.29 is 4.39 Å². The van der Waals surface area contributed by atoms with Gasteiger partial charge in [0.1, 0.15) is 5.82 Å². The molecule has 0 aromatic heterocycles. The molecule has 1 aromatic carbocycles. The summed E-state index contributed by atoms with van der Waals surface area (Å²) >= 11 is 0. The molecule has 0 radical (unpaired) electrons. The predicted molar refractivity (Wildman–Crippen MR) is 62.9 cm³/mol. The first-order valence-electron chi connectivity index (χ1n) is 4.84. The number of hydrogen-bond donors (Lipinski definition) is 0. The van der Waals surface area contributed by atoms with E-state index in [1.54, 1.807) is 19.2 Å². The van der Waals surface area contributed by atoms with Crippen molar-refractivity contribution in [1.82, 2.24) is 0 Å². The fourth-order valence-corrected chi connectivity index (χ4v) is 1.56.